The third kappa shape index (κ3) is 4.99. The van der Waals surface area contributed by atoms with Crippen molar-refractivity contribution in [3.8, 4) is 0 Å². The number of esters is 1. The first kappa shape index (κ1) is 15.4. The fourth-order valence-corrected chi connectivity index (χ4v) is 1.89. The Morgan fingerprint density at radius 1 is 1.31 bits per heavy atom. The molecule has 0 N–H and O–H groups in total. The second kappa shape index (κ2) is 7.68. The number of carbonyl (C=O) groups is 2. The maximum Gasteiger partial charge on any atom is 0.319 e. The second-order valence-corrected chi connectivity index (χ2v) is 4.92. The molecular formula is C11H20O4S. The highest BCUT2D eigenvalue weighted by Crippen LogP contribution is 2.21. The molecule has 0 aromatic carbocycles. The van der Waals surface area contributed by atoms with Crippen LogP contribution >= 0.6 is 11.8 Å². The van der Waals surface area contributed by atoms with Crippen molar-refractivity contribution in [3.63, 3.8) is 0 Å². The maximum atomic E-state index is 11.8. The third-order valence-corrected chi connectivity index (χ3v) is 3.07. The van der Waals surface area contributed by atoms with Crippen molar-refractivity contribution in [2.24, 2.45) is 5.41 Å². The third-order valence-electron chi connectivity index (χ3n) is 2.15. The van der Waals surface area contributed by atoms with E-state index >= 15 is 0 Å². The van der Waals surface area contributed by atoms with E-state index in [1.165, 1.54) is 11.8 Å². The highest BCUT2D eigenvalue weighted by molar-refractivity contribution is 7.99. The van der Waals surface area contributed by atoms with Crippen LogP contribution in [0.1, 0.15) is 20.8 Å². The number of methoxy groups -OCH3 is 1. The summed E-state index contributed by atoms with van der Waals surface area (Å²) in [4.78, 5) is 23.3. The molecule has 0 aliphatic carbocycles. The predicted octanol–water partition coefficient (Wildman–Crippen LogP) is 1.52. The Bertz CT molecular complexity index is 238. The maximum absolute atomic E-state index is 11.8. The van der Waals surface area contributed by atoms with Crippen LogP contribution in [0.25, 0.3) is 0 Å². The molecule has 0 aliphatic rings. The van der Waals surface area contributed by atoms with Gasteiger partial charge < -0.3 is 9.47 Å². The van der Waals surface area contributed by atoms with Crippen LogP contribution < -0.4 is 0 Å². The van der Waals surface area contributed by atoms with Crippen molar-refractivity contribution in [1.82, 2.24) is 0 Å². The minimum absolute atomic E-state index is 0.105. The van der Waals surface area contributed by atoms with Crippen molar-refractivity contribution in [1.29, 1.82) is 0 Å². The average molecular weight is 248 g/mol. The summed E-state index contributed by atoms with van der Waals surface area (Å²) >= 11 is 1.47. The molecule has 94 valence electrons. The highest BCUT2D eigenvalue weighted by Gasteiger charge is 2.36. The minimum Gasteiger partial charge on any atom is -0.465 e. The summed E-state index contributed by atoms with van der Waals surface area (Å²) in [7, 11) is 1.62. The zero-order valence-electron chi connectivity index (χ0n) is 10.4. The van der Waals surface area contributed by atoms with Gasteiger partial charge in [0.25, 0.3) is 0 Å². The van der Waals surface area contributed by atoms with Crippen LogP contribution in [-0.2, 0) is 19.1 Å². The van der Waals surface area contributed by atoms with E-state index in [9.17, 15) is 9.59 Å². The predicted molar refractivity (Wildman–Crippen MR) is 64.6 cm³/mol. The molecule has 5 heteroatoms. The lowest BCUT2D eigenvalue weighted by atomic mass is 9.89. The standard InChI is InChI=1S/C11H20O4S/c1-5-15-10(13)11(2,3)9(12)8-16-7-6-14-4/h5-8H2,1-4H3. The molecule has 0 aromatic rings. The summed E-state index contributed by atoms with van der Waals surface area (Å²) in [5.74, 6) is 0.510. The van der Waals surface area contributed by atoms with Crippen molar-refractivity contribution in [2.45, 2.75) is 20.8 Å². The molecule has 0 fully saturated rings. The molecule has 0 saturated heterocycles. The summed E-state index contributed by atoms with van der Waals surface area (Å²) in [6.45, 7) is 5.84. The van der Waals surface area contributed by atoms with Gasteiger partial charge in [0.1, 0.15) is 5.41 Å². The summed E-state index contributed by atoms with van der Waals surface area (Å²) in [5.41, 5.74) is -1.05. The van der Waals surface area contributed by atoms with Gasteiger partial charge in [-0.2, -0.15) is 11.8 Å². The van der Waals surface area contributed by atoms with Gasteiger partial charge in [-0.3, -0.25) is 9.59 Å². The molecule has 0 unspecified atom stereocenters. The van der Waals surface area contributed by atoms with Crippen LogP contribution in [-0.4, -0.2) is 43.6 Å². The van der Waals surface area contributed by atoms with E-state index in [0.717, 1.165) is 5.75 Å². The largest absolute Gasteiger partial charge is 0.465 e. The van der Waals surface area contributed by atoms with Gasteiger partial charge in [-0.1, -0.05) is 0 Å². The quantitative estimate of drug-likeness (QED) is 0.370. The SMILES string of the molecule is CCOC(=O)C(C)(C)C(=O)CSCCOC. The molecule has 0 aliphatic heterocycles. The van der Waals surface area contributed by atoms with Crippen LogP contribution in [0.5, 0.6) is 0 Å². The van der Waals surface area contributed by atoms with Gasteiger partial charge >= 0.3 is 5.97 Å². The number of hydrogen-bond acceptors (Lipinski definition) is 5. The number of Topliss-reactive ketones (excluding diaryl/α,β-unsaturated/α-hetero) is 1. The van der Waals surface area contributed by atoms with Gasteiger partial charge in [0.15, 0.2) is 5.78 Å². The van der Waals surface area contributed by atoms with Crippen molar-refractivity contribution in [2.75, 3.05) is 31.8 Å². The molecule has 0 radical (unpaired) electrons. The lowest BCUT2D eigenvalue weighted by Gasteiger charge is -2.20. The molecule has 0 aromatic heterocycles. The van der Waals surface area contributed by atoms with Gasteiger partial charge in [0, 0.05) is 12.9 Å². The van der Waals surface area contributed by atoms with Crippen LogP contribution in [0.2, 0.25) is 0 Å². The smallest absolute Gasteiger partial charge is 0.319 e. The number of carbonyl (C=O) groups excluding carboxylic acids is 2. The Balaban J connectivity index is 4.08. The topological polar surface area (TPSA) is 52.6 Å². The Hall–Kier alpha value is -0.550. The molecular weight excluding hydrogens is 228 g/mol. The van der Waals surface area contributed by atoms with Crippen LogP contribution in [0.4, 0.5) is 0 Å². The molecule has 0 spiro atoms. The number of rotatable bonds is 8. The zero-order valence-corrected chi connectivity index (χ0v) is 11.2. The molecule has 0 bridgehead atoms. The Morgan fingerprint density at radius 2 is 1.94 bits per heavy atom. The van der Waals surface area contributed by atoms with Crippen LogP contribution in [0, 0.1) is 5.41 Å². The second-order valence-electron chi connectivity index (χ2n) is 3.81. The first-order valence-electron chi connectivity index (χ1n) is 5.24. The van der Waals surface area contributed by atoms with Crippen molar-refractivity contribution >= 4 is 23.5 Å². The molecule has 0 saturated carbocycles. The molecule has 0 heterocycles. The molecule has 0 atom stereocenters. The van der Waals surface area contributed by atoms with Gasteiger partial charge in [-0.05, 0) is 20.8 Å². The van der Waals surface area contributed by atoms with Gasteiger partial charge in [0.05, 0.1) is 19.0 Å². The number of ketones is 1. The molecule has 0 rings (SSSR count). The van der Waals surface area contributed by atoms with Crippen molar-refractivity contribution in [3.05, 3.63) is 0 Å². The highest BCUT2D eigenvalue weighted by atomic mass is 32.2. The summed E-state index contributed by atoms with van der Waals surface area (Å²) in [6.07, 6.45) is 0. The Labute approximate surface area is 101 Å². The van der Waals surface area contributed by atoms with Crippen LogP contribution in [0.15, 0.2) is 0 Å². The summed E-state index contributed by atoms with van der Waals surface area (Å²) in [5, 5.41) is 0. The molecule has 16 heavy (non-hydrogen) atoms. The van der Waals surface area contributed by atoms with E-state index < -0.39 is 11.4 Å². The first-order valence-corrected chi connectivity index (χ1v) is 6.39. The molecule has 4 nitrogen and oxygen atoms in total. The van der Waals surface area contributed by atoms with E-state index in [1.807, 2.05) is 0 Å². The molecule has 0 amide bonds. The minimum atomic E-state index is -1.05. The summed E-state index contributed by atoms with van der Waals surface area (Å²) in [6, 6.07) is 0. The fraction of sp³-hybridized carbons (Fsp3) is 0.818. The van der Waals surface area contributed by atoms with E-state index in [4.69, 9.17) is 9.47 Å². The summed E-state index contributed by atoms with van der Waals surface area (Å²) < 4.78 is 9.73. The van der Waals surface area contributed by atoms with Crippen molar-refractivity contribution < 1.29 is 19.1 Å². The van der Waals surface area contributed by atoms with Crippen LogP contribution in [0.3, 0.4) is 0 Å². The van der Waals surface area contributed by atoms with E-state index in [-0.39, 0.29) is 5.78 Å². The number of thioether (sulfide) groups is 1. The Morgan fingerprint density at radius 3 is 2.44 bits per heavy atom. The number of ether oxygens (including phenoxy) is 2. The lowest BCUT2D eigenvalue weighted by Crippen LogP contribution is -2.36. The fourth-order valence-electron chi connectivity index (χ4n) is 0.913. The lowest BCUT2D eigenvalue weighted by molar-refractivity contribution is -0.157. The van der Waals surface area contributed by atoms with Gasteiger partial charge in [-0.15, -0.1) is 0 Å². The Kier molecular flexibility index (Phi) is 7.42. The average Bonchev–Trinajstić information content (AvgIpc) is 2.24. The van der Waals surface area contributed by atoms with E-state index in [1.54, 1.807) is 27.9 Å². The first-order chi connectivity index (χ1) is 7.46. The van der Waals surface area contributed by atoms with E-state index in [2.05, 4.69) is 0 Å². The monoisotopic (exact) mass is 248 g/mol. The van der Waals surface area contributed by atoms with Gasteiger partial charge in [0.2, 0.25) is 0 Å². The van der Waals surface area contributed by atoms with Gasteiger partial charge in [-0.25, -0.2) is 0 Å². The van der Waals surface area contributed by atoms with E-state index in [0.29, 0.717) is 19.0 Å². The zero-order chi connectivity index (χ0) is 12.6. The normalized spacial score (nSPS) is 11.2. The number of hydrogen-bond donors (Lipinski definition) is 0.